The minimum Gasteiger partial charge on any atom is -0.477 e. The van der Waals surface area contributed by atoms with Crippen LogP contribution in [0.5, 0.6) is 0 Å². The second-order valence-corrected chi connectivity index (χ2v) is 8.87. The first-order valence-electron chi connectivity index (χ1n) is 10.3. The number of hydrogen-bond donors (Lipinski definition) is 1. The molecule has 160 valence electrons. The number of fused-ring (bicyclic) bond motifs is 1. The molecule has 0 bridgehead atoms. The van der Waals surface area contributed by atoms with Crippen molar-refractivity contribution in [3.63, 3.8) is 0 Å². The van der Waals surface area contributed by atoms with E-state index in [2.05, 4.69) is 15.9 Å². The summed E-state index contributed by atoms with van der Waals surface area (Å²) in [6.45, 7) is 3.13. The highest BCUT2D eigenvalue weighted by atomic mass is 79.9. The molecule has 0 radical (unpaired) electrons. The van der Waals surface area contributed by atoms with E-state index in [0.29, 0.717) is 36.0 Å². The third-order valence-electron chi connectivity index (χ3n) is 6.00. The monoisotopic (exact) mass is 482 g/mol. The van der Waals surface area contributed by atoms with Crippen molar-refractivity contribution >= 4 is 38.6 Å². The minimum absolute atomic E-state index is 0.01000. The van der Waals surface area contributed by atoms with E-state index in [4.69, 9.17) is 0 Å². The first-order chi connectivity index (χ1) is 14.9. The highest BCUT2D eigenvalue weighted by Crippen LogP contribution is 2.33. The summed E-state index contributed by atoms with van der Waals surface area (Å²) in [7, 11) is 0. The molecule has 2 heterocycles. The zero-order chi connectivity index (χ0) is 22.1. The van der Waals surface area contributed by atoms with Gasteiger partial charge in [0.1, 0.15) is 5.69 Å². The van der Waals surface area contributed by atoms with E-state index >= 15 is 0 Å². The molecule has 1 aliphatic heterocycles. The fourth-order valence-corrected chi connectivity index (χ4v) is 4.76. The average molecular weight is 483 g/mol. The number of pyridine rings is 1. The van der Waals surface area contributed by atoms with E-state index in [-0.39, 0.29) is 23.1 Å². The largest absolute Gasteiger partial charge is 0.477 e. The standard InChI is InChI=1S/C24H23BrN2O4/c1-15(28)26-11-9-16(10-12-26)14-27-22(24(30)31)21(17-5-3-2-4-6-17)20-13-18(25)7-8-19(20)23(27)29/h2-8,13,16H,9-12,14H2,1H3,(H,30,31). The predicted octanol–water partition coefficient (Wildman–Crippen LogP) is 4.39. The molecule has 1 aliphatic rings. The minimum atomic E-state index is -1.13. The van der Waals surface area contributed by atoms with Gasteiger partial charge in [0.15, 0.2) is 0 Å². The van der Waals surface area contributed by atoms with E-state index in [0.717, 1.165) is 22.9 Å². The number of carboxylic acid groups (broad SMARTS) is 1. The van der Waals surface area contributed by atoms with Crippen LogP contribution in [0.15, 0.2) is 57.8 Å². The predicted molar refractivity (Wildman–Crippen MR) is 123 cm³/mol. The number of likely N-dealkylation sites (tertiary alicyclic amines) is 1. The summed E-state index contributed by atoms with van der Waals surface area (Å²) in [6, 6.07) is 14.7. The highest BCUT2D eigenvalue weighted by molar-refractivity contribution is 9.10. The zero-order valence-electron chi connectivity index (χ0n) is 17.2. The lowest BCUT2D eigenvalue weighted by Gasteiger charge is -2.32. The lowest BCUT2D eigenvalue weighted by molar-refractivity contribution is -0.130. The van der Waals surface area contributed by atoms with Crippen molar-refractivity contribution in [1.82, 2.24) is 9.47 Å². The number of carbonyl (C=O) groups excluding carboxylic acids is 1. The molecular weight excluding hydrogens is 460 g/mol. The van der Waals surface area contributed by atoms with Gasteiger partial charge in [0.25, 0.3) is 5.56 Å². The van der Waals surface area contributed by atoms with Gasteiger partial charge < -0.3 is 14.6 Å². The molecule has 31 heavy (non-hydrogen) atoms. The Kier molecular flexibility index (Phi) is 5.96. The molecule has 3 aromatic rings. The second kappa shape index (κ2) is 8.67. The van der Waals surface area contributed by atoms with Crippen LogP contribution in [0.1, 0.15) is 30.3 Å². The number of carboxylic acids is 1. The van der Waals surface area contributed by atoms with Gasteiger partial charge >= 0.3 is 5.97 Å². The Morgan fingerprint density at radius 1 is 1.06 bits per heavy atom. The first-order valence-corrected chi connectivity index (χ1v) is 11.1. The van der Waals surface area contributed by atoms with E-state index in [1.54, 1.807) is 30.0 Å². The summed E-state index contributed by atoms with van der Waals surface area (Å²) in [5.41, 5.74) is 1.01. The number of benzene rings is 2. The molecular formula is C24H23BrN2O4. The molecule has 0 spiro atoms. The molecule has 6 nitrogen and oxygen atoms in total. The first kappa shape index (κ1) is 21.3. The van der Waals surface area contributed by atoms with E-state index in [1.807, 2.05) is 30.3 Å². The van der Waals surface area contributed by atoms with Crippen LogP contribution < -0.4 is 5.56 Å². The number of rotatable bonds is 4. The third-order valence-corrected chi connectivity index (χ3v) is 6.49. The van der Waals surface area contributed by atoms with Gasteiger partial charge in [0.2, 0.25) is 5.91 Å². The number of carbonyl (C=O) groups is 2. The Morgan fingerprint density at radius 2 is 1.74 bits per heavy atom. The van der Waals surface area contributed by atoms with Crippen LogP contribution >= 0.6 is 15.9 Å². The third kappa shape index (κ3) is 4.14. The number of amides is 1. The quantitative estimate of drug-likeness (QED) is 0.597. The maximum absolute atomic E-state index is 13.4. The molecule has 1 N–H and O–H groups in total. The summed E-state index contributed by atoms with van der Waals surface area (Å²) < 4.78 is 2.21. The van der Waals surface area contributed by atoms with Crippen molar-refractivity contribution in [2.75, 3.05) is 13.1 Å². The van der Waals surface area contributed by atoms with Crippen LogP contribution in [0.25, 0.3) is 21.9 Å². The lowest BCUT2D eigenvalue weighted by atomic mass is 9.94. The van der Waals surface area contributed by atoms with Gasteiger partial charge in [-0.1, -0.05) is 46.3 Å². The van der Waals surface area contributed by atoms with Crippen molar-refractivity contribution < 1.29 is 14.7 Å². The summed E-state index contributed by atoms with van der Waals surface area (Å²) in [5, 5.41) is 11.3. The van der Waals surface area contributed by atoms with Gasteiger partial charge in [-0.25, -0.2) is 4.79 Å². The Balaban J connectivity index is 1.89. The van der Waals surface area contributed by atoms with E-state index in [9.17, 15) is 19.5 Å². The summed E-state index contributed by atoms with van der Waals surface area (Å²) in [6.07, 6.45) is 1.48. The Hall–Kier alpha value is -2.93. The van der Waals surface area contributed by atoms with Crippen LogP contribution in [0.4, 0.5) is 0 Å². The Labute approximate surface area is 188 Å². The lowest BCUT2D eigenvalue weighted by Crippen LogP contribution is -2.39. The highest BCUT2D eigenvalue weighted by Gasteiger charge is 2.27. The molecule has 1 aromatic heterocycles. The van der Waals surface area contributed by atoms with Crippen molar-refractivity contribution in [2.24, 2.45) is 5.92 Å². The van der Waals surface area contributed by atoms with Crippen LogP contribution in [-0.4, -0.2) is 39.5 Å². The normalized spacial score (nSPS) is 14.7. The molecule has 0 saturated carbocycles. The molecule has 1 amide bonds. The van der Waals surface area contributed by atoms with Crippen LogP contribution in [0.2, 0.25) is 0 Å². The smallest absolute Gasteiger partial charge is 0.353 e. The summed E-state index contributed by atoms with van der Waals surface area (Å²) in [5.74, 6) is -0.952. The Morgan fingerprint density at radius 3 is 2.35 bits per heavy atom. The van der Waals surface area contributed by atoms with Crippen LogP contribution in [0.3, 0.4) is 0 Å². The van der Waals surface area contributed by atoms with Crippen LogP contribution in [0, 0.1) is 5.92 Å². The number of hydrogen-bond acceptors (Lipinski definition) is 3. The molecule has 2 aromatic carbocycles. The summed E-state index contributed by atoms with van der Waals surface area (Å²) >= 11 is 3.45. The maximum atomic E-state index is 13.4. The number of piperidine rings is 1. The van der Waals surface area contributed by atoms with Crippen molar-refractivity contribution in [3.05, 3.63) is 69.1 Å². The number of nitrogens with zero attached hydrogens (tertiary/aromatic N) is 2. The molecule has 0 aliphatic carbocycles. The number of aromatic carboxylic acids is 1. The van der Waals surface area contributed by atoms with Gasteiger partial charge in [-0.2, -0.15) is 0 Å². The van der Waals surface area contributed by atoms with Gasteiger partial charge in [-0.3, -0.25) is 9.59 Å². The number of halogens is 1. The van der Waals surface area contributed by atoms with Gasteiger partial charge in [-0.15, -0.1) is 0 Å². The number of aromatic nitrogens is 1. The van der Waals surface area contributed by atoms with Crippen molar-refractivity contribution in [1.29, 1.82) is 0 Å². The summed E-state index contributed by atoms with van der Waals surface area (Å²) in [4.78, 5) is 39.3. The fourth-order valence-electron chi connectivity index (χ4n) is 4.40. The van der Waals surface area contributed by atoms with Crippen molar-refractivity contribution in [3.8, 4) is 11.1 Å². The van der Waals surface area contributed by atoms with Crippen LogP contribution in [-0.2, 0) is 11.3 Å². The van der Waals surface area contributed by atoms with Gasteiger partial charge in [0, 0.05) is 42.0 Å². The van der Waals surface area contributed by atoms with Gasteiger partial charge in [-0.05, 0) is 47.9 Å². The van der Waals surface area contributed by atoms with Gasteiger partial charge in [0.05, 0.1) is 0 Å². The fraction of sp³-hybridized carbons (Fsp3) is 0.292. The SMILES string of the molecule is CC(=O)N1CCC(Cn2c(C(=O)O)c(-c3ccccc3)c3cc(Br)ccc3c2=O)CC1. The molecule has 0 unspecified atom stereocenters. The maximum Gasteiger partial charge on any atom is 0.353 e. The average Bonchev–Trinajstić information content (AvgIpc) is 2.76. The zero-order valence-corrected chi connectivity index (χ0v) is 18.8. The van der Waals surface area contributed by atoms with E-state index in [1.165, 1.54) is 4.57 Å². The molecule has 1 fully saturated rings. The van der Waals surface area contributed by atoms with Crippen molar-refractivity contribution in [2.45, 2.75) is 26.3 Å². The molecule has 0 atom stereocenters. The second-order valence-electron chi connectivity index (χ2n) is 7.95. The topological polar surface area (TPSA) is 79.6 Å². The molecule has 1 saturated heterocycles. The van der Waals surface area contributed by atoms with E-state index < -0.39 is 5.97 Å². The Bertz CT molecular complexity index is 1210. The molecule has 7 heteroatoms. The molecule has 4 rings (SSSR count).